The normalized spacial score (nSPS) is 15.2. The van der Waals surface area contributed by atoms with Crippen molar-refractivity contribution in [3.8, 4) is 0 Å². The van der Waals surface area contributed by atoms with E-state index in [1.807, 2.05) is 18.2 Å². The number of benzene rings is 2. The van der Waals surface area contributed by atoms with E-state index < -0.39 is 0 Å². The van der Waals surface area contributed by atoms with Gasteiger partial charge in [0, 0.05) is 0 Å². The molecule has 4 rings (SSSR count). The van der Waals surface area contributed by atoms with Gasteiger partial charge in [-0.2, -0.15) is 0 Å². The van der Waals surface area contributed by atoms with E-state index in [4.69, 9.17) is 0 Å². The molecule has 2 heterocycles. The Balaban J connectivity index is 1.52. The third kappa shape index (κ3) is 4.00. The smallest absolute Gasteiger partial charge is 0.239 e. The Morgan fingerprint density at radius 1 is 1.14 bits per heavy atom. The van der Waals surface area contributed by atoms with Crippen LogP contribution in [0.1, 0.15) is 30.5 Å². The van der Waals surface area contributed by atoms with E-state index in [1.54, 1.807) is 0 Å². The Kier molecular flexibility index (Phi) is 5.31. The van der Waals surface area contributed by atoms with Crippen molar-refractivity contribution < 1.29 is 4.58 Å². The topological polar surface area (TPSA) is 47.0 Å². The number of rotatable bonds is 6. The van der Waals surface area contributed by atoms with Gasteiger partial charge >= 0.3 is 0 Å². The van der Waals surface area contributed by atoms with Crippen LogP contribution >= 0.6 is 0 Å². The molecule has 1 aliphatic heterocycles. The van der Waals surface area contributed by atoms with E-state index in [9.17, 15) is 0 Å². The molecule has 2 aromatic carbocycles. The molecule has 1 atom stereocenters. The summed E-state index contributed by atoms with van der Waals surface area (Å²) < 4.78 is 2.49. The lowest BCUT2D eigenvalue weighted by molar-refractivity contribution is -0.557. The quantitative estimate of drug-likeness (QED) is 0.610. The van der Waals surface area contributed by atoms with Crippen molar-refractivity contribution in [2.75, 3.05) is 29.9 Å². The highest BCUT2D eigenvalue weighted by Crippen LogP contribution is 2.27. The van der Waals surface area contributed by atoms with Crippen LogP contribution in [0.4, 0.5) is 11.6 Å². The minimum Gasteiger partial charge on any atom is -0.352 e. The highest BCUT2D eigenvalue weighted by molar-refractivity contribution is 5.81. The summed E-state index contributed by atoms with van der Waals surface area (Å²) in [6.07, 6.45) is 2.32. The Bertz CT molecular complexity index is 990. The second kappa shape index (κ2) is 7.90. The molecule has 0 spiro atoms. The first-order chi connectivity index (χ1) is 13.9. The van der Waals surface area contributed by atoms with Crippen LogP contribution in [0.15, 0.2) is 36.4 Å². The predicted molar refractivity (Wildman–Crippen MR) is 122 cm³/mol. The second-order valence-electron chi connectivity index (χ2n) is 8.59. The standard InChI is InChI=1S/C24H32N5/c1-16(2)22(14-25-24-26-20-8-6-7-9-21(20)27-24)28-10-11-29(15-28)23-18(4)12-17(3)13-19(23)5/h6-9,12-13,15-16,22H,10-11,14H2,1-5H3,(H2,25,26,27)/q+1/t22-/m1/s1. The number of hydrogen-bond donors (Lipinski definition) is 2. The van der Waals surface area contributed by atoms with Crippen molar-refractivity contribution in [3.63, 3.8) is 0 Å². The molecule has 1 aliphatic rings. The number of para-hydroxylation sites is 2. The van der Waals surface area contributed by atoms with Crippen molar-refractivity contribution in [1.82, 2.24) is 9.97 Å². The fraction of sp³-hybridized carbons (Fsp3) is 0.417. The lowest BCUT2D eigenvalue weighted by atomic mass is 10.0. The number of nitrogens with one attached hydrogen (secondary N) is 2. The van der Waals surface area contributed by atoms with Crippen molar-refractivity contribution in [2.45, 2.75) is 40.7 Å². The summed E-state index contributed by atoms with van der Waals surface area (Å²) in [5, 5.41) is 3.53. The Labute approximate surface area is 173 Å². The maximum atomic E-state index is 4.66. The summed E-state index contributed by atoms with van der Waals surface area (Å²) in [6.45, 7) is 14.1. The van der Waals surface area contributed by atoms with Crippen molar-refractivity contribution in [1.29, 1.82) is 0 Å². The van der Waals surface area contributed by atoms with Crippen LogP contribution in [0.25, 0.3) is 11.0 Å². The molecule has 5 nitrogen and oxygen atoms in total. The maximum absolute atomic E-state index is 4.66. The zero-order valence-electron chi connectivity index (χ0n) is 18.2. The molecule has 0 unspecified atom stereocenters. The minimum absolute atomic E-state index is 0.402. The van der Waals surface area contributed by atoms with Crippen LogP contribution in [0.2, 0.25) is 0 Å². The van der Waals surface area contributed by atoms with Gasteiger partial charge in [0.15, 0.2) is 0 Å². The van der Waals surface area contributed by atoms with E-state index >= 15 is 0 Å². The van der Waals surface area contributed by atoms with Gasteiger partial charge < -0.3 is 10.3 Å². The van der Waals surface area contributed by atoms with Gasteiger partial charge in [-0.05, 0) is 49.9 Å². The number of aryl methyl sites for hydroxylation is 3. The molecule has 0 fully saturated rings. The molecular weight excluding hydrogens is 358 g/mol. The van der Waals surface area contributed by atoms with Gasteiger partial charge in [-0.3, -0.25) is 4.58 Å². The molecule has 0 saturated carbocycles. The number of H-pyrrole nitrogens is 1. The van der Waals surface area contributed by atoms with Gasteiger partial charge in [0.25, 0.3) is 0 Å². The summed E-state index contributed by atoms with van der Waals surface area (Å²) in [7, 11) is 0. The summed E-state index contributed by atoms with van der Waals surface area (Å²) >= 11 is 0. The highest BCUT2D eigenvalue weighted by Gasteiger charge is 2.30. The fourth-order valence-corrected chi connectivity index (χ4v) is 4.54. The summed E-state index contributed by atoms with van der Waals surface area (Å²) in [4.78, 5) is 10.5. The molecule has 0 radical (unpaired) electrons. The third-order valence-corrected chi connectivity index (χ3v) is 5.87. The fourth-order valence-electron chi connectivity index (χ4n) is 4.54. The maximum Gasteiger partial charge on any atom is 0.239 e. The first-order valence-corrected chi connectivity index (χ1v) is 10.6. The van der Waals surface area contributed by atoms with E-state index in [0.29, 0.717) is 12.0 Å². The van der Waals surface area contributed by atoms with Crippen LogP contribution in [0.5, 0.6) is 0 Å². The highest BCUT2D eigenvalue weighted by atomic mass is 15.3. The van der Waals surface area contributed by atoms with Gasteiger partial charge in [0.1, 0.15) is 24.8 Å². The molecule has 152 valence electrons. The van der Waals surface area contributed by atoms with E-state index in [1.165, 1.54) is 22.4 Å². The zero-order valence-corrected chi connectivity index (χ0v) is 18.2. The Morgan fingerprint density at radius 2 is 1.86 bits per heavy atom. The van der Waals surface area contributed by atoms with E-state index in [-0.39, 0.29) is 0 Å². The number of aromatic nitrogens is 2. The van der Waals surface area contributed by atoms with Crippen molar-refractivity contribution in [2.24, 2.45) is 5.92 Å². The number of anilines is 2. The van der Waals surface area contributed by atoms with Gasteiger partial charge in [-0.15, -0.1) is 0 Å². The van der Waals surface area contributed by atoms with Crippen LogP contribution in [0.3, 0.4) is 0 Å². The van der Waals surface area contributed by atoms with Gasteiger partial charge in [0.05, 0.1) is 17.6 Å². The SMILES string of the molecule is Cc1cc(C)c(N2C=[N+]([C@H](CNc3nc4ccccc4[nH]3)C(C)C)CC2)c(C)c1. The van der Waals surface area contributed by atoms with E-state index in [0.717, 1.165) is 36.6 Å². The monoisotopic (exact) mass is 390 g/mol. The van der Waals surface area contributed by atoms with Gasteiger partial charge in [-0.25, -0.2) is 9.88 Å². The van der Waals surface area contributed by atoms with Crippen LogP contribution in [-0.2, 0) is 0 Å². The van der Waals surface area contributed by atoms with Gasteiger partial charge in [-0.1, -0.05) is 43.7 Å². The zero-order chi connectivity index (χ0) is 20.5. The first-order valence-electron chi connectivity index (χ1n) is 10.6. The van der Waals surface area contributed by atoms with Crippen molar-refractivity contribution in [3.05, 3.63) is 53.1 Å². The molecule has 0 bridgehead atoms. The molecule has 2 N–H and O–H groups in total. The molecule has 0 amide bonds. The first kappa shape index (κ1) is 19.5. The number of imidazole rings is 1. The summed E-state index contributed by atoms with van der Waals surface area (Å²) in [5.41, 5.74) is 7.45. The number of aromatic amines is 1. The summed E-state index contributed by atoms with van der Waals surface area (Å²) in [5.74, 6) is 1.38. The lowest BCUT2D eigenvalue weighted by Crippen LogP contribution is -2.37. The average molecular weight is 391 g/mol. The largest absolute Gasteiger partial charge is 0.352 e. The predicted octanol–water partition coefficient (Wildman–Crippen LogP) is 4.49. The molecule has 0 aliphatic carbocycles. The summed E-state index contributed by atoms with van der Waals surface area (Å²) in [6, 6.07) is 13.1. The van der Waals surface area contributed by atoms with Crippen LogP contribution in [0, 0.1) is 26.7 Å². The minimum atomic E-state index is 0.402. The Hall–Kier alpha value is -2.82. The third-order valence-electron chi connectivity index (χ3n) is 5.87. The molecule has 0 saturated heterocycles. The Morgan fingerprint density at radius 3 is 2.55 bits per heavy atom. The van der Waals surface area contributed by atoms with Gasteiger partial charge in [0.2, 0.25) is 12.3 Å². The number of nitrogens with zero attached hydrogens (tertiary/aromatic N) is 3. The van der Waals surface area contributed by atoms with Crippen molar-refractivity contribution >= 4 is 29.0 Å². The molecule has 29 heavy (non-hydrogen) atoms. The number of hydrogen-bond acceptors (Lipinski definition) is 3. The molecule has 1 aromatic heterocycles. The number of fused-ring (bicyclic) bond motifs is 1. The average Bonchev–Trinajstić information content (AvgIpc) is 3.27. The van der Waals surface area contributed by atoms with E-state index in [2.05, 4.69) is 83.9 Å². The molecule has 3 aromatic rings. The second-order valence-corrected chi connectivity index (χ2v) is 8.59. The van der Waals surface area contributed by atoms with Crippen LogP contribution in [-0.4, -0.2) is 46.6 Å². The lowest BCUT2D eigenvalue weighted by Gasteiger charge is -2.20. The van der Waals surface area contributed by atoms with Crippen LogP contribution < -0.4 is 10.2 Å². The molecular formula is C24H32N5+. The molecule has 5 heteroatoms.